The Hall–Kier alpha value is -1.69. The van der Waals surface area contributed by atoms with Crippen molar-refractivity contribution in [3.8, 4) is 0 Å². The summed E-state index contributed by atoms with van der Waals surface area (Å²) in [7, 11) is 0. The summed E-state index contributed by atoms with van der Waals surface area (Å²) in [5.74, 6) is 0.935. The van der Waals surface area contributed by atoms with Crippen LogP contribution in [0, 0.1) is 6.92 Å². The number of aryl methyl sites for hydroxylation is 2. The summed E-state index contributed by atoms with van der Waals surface area (Å²) in [6.07, 6.45) is 3.68. The summed E-state index contributed by atoms with van der Waals surface area (Å²) in [4.78, 5) is 4.28. The third-order valence-corrected chi connectivity index (χ3v) is 3.16. The van der Waals surface area contributed by atoms with E-state index in [-0.39, 0.29) is 5.54 Å². The Morgan fingerprint density at radius 2 is 2.05 bits per heavy atom. The molecule has 0 radical (unpaired) electrons. The fourth-order valence-electron chi connectivity index (χ4n) is 1.99. The van der Waals surface area contributed by atoms with Gasteiger partial charge in [-0.15, -0.1) is 0 Å². The molecule has 0 saturated carbocycles. The molecule has 0 fully saturated rings. The van der Waals surface area contributed by atoms with Gasteiger partial charge in [0.1, 0.15) is 18.7 Å². The van der Waals surface area contributed by atoms with E-state index in [1.807, 2.05) is 16.3 Å². The van der Waals surface area contributed by atoms with Gasteiger partial charge in [0, 0.05) is 30.4 Å². The van der Waals surface area contributed by atoms with Crippen molar-refractivity contribution in [3.63, 3.8) is 0 Å². The lowest BCUT2D eigenvalue weighted by Crippen LogP contribution is -2.35. The average molecular weight is 276 g/mol. The van der Waals surface area contributed by atoms with Gasteiger partial charge in [-0.3, -0.25) is 4.68 Å². The zero-order valence-corrected chi connectivity index (χ0v) is 13.0. The van der Waals surface area contributed by atoms with Gasteiger partial charge >= 0.3 is 0 Å². The average Bonchev–Trinajstić information content (AvgIpc) is 2.93. The monoisotopic (exact) mass is 276 g/mol. The molecule has 1 N–H and O–H groups in total. The van der Waals surface area contributed by atoms with Gasteiger partial charge in [-0.2, -0.15) is 10.2 Å². The van der Waals surface area contributed by atoms with Crippen molar-refractivity contribution in [1.29, 1.82) is 0 Å². The molecule has 0 amide bonds. The molecule has 0 aliphatic rings. The Morgan fingerprint density at radius 3 is 2.70 bits per heavy atom. The van der Waals surface area contributed by atoms with Crippen LogP contribution in [-0.4, -0.2) is 30.1 Å². The van der Waals surface area contributed by atoms with Gasteiger partial charge in [-0.05, 0) is 34.6 Å². The first-order valence-corrected chi connectivity index (χ1v) is 7.03. The molecule has 0 spiro atoms. The number of nitrogens with zero attached hydrogens (tertiary/aromatic N) is 5. The van der Waals surface area contributed by atoms with E-state index in [9.17, 15) is 0 Å². The van der Waals surface area contributed by atoms with Crippen LogP contribution in [0.3, 0.4) is 0 Å². The van der Waals surface area contributed by atoms with E-state index in [1.54, 1.807) is 6.33 Å². The van der Waals surface area contributed by atoms with Crippen LogP contribution in [0.5, 0.6) is 0 Å². The summed E-state index contributed by atoms with van der Waals surface area (Å²) in [5.41, 5.74) is 2.39. The lowest BCUT2D eigenvalue weighted by atomic mass is 10.1. The molecule has 2 aromatic rings. The molecule has 6 heteroatoms. The first kappa shape index (κ1) is 14.7. The minimum atomic E-state index is 0.108. The van der Waals surface area contributed by atoms with Gasteiger partial charge < -0.3 is 5.32 Å². The van der Waals surface area contributed by atoms with Crippen LogP contribution in [0.1, 0.15) is 44.8 Å². The molecule has 0 aromatic carbocycles. The molecule has 20 heavy (non-hydrogen) atoms. The second-order valence-corrected chi connectivity index (χ2v) is 6.03. The fourth-order valence-corrected chi connectivity index (χ4v) is 1.99. The highest BCUT2D eigenvalue weighted by Crippen LogP contribution is 2.09. The van der Waals surface area contributed by atoms with Crippen LogP contribution in [-0.2, 0) is 19.6 Å². The molecular formula is C14H24N6. The summed E-state index contributed by atoms with van der Waals surface area (Å²) in [5, 5.41) is 12.2. The molecule has 0 unspecified atom stereocenters. The van der Waals surface area contributed by atoms with Crippen molar-refractivity contribution in [3.05, 3.63) is 29.6 Å². The largest absolute Gasteiger partial charge is 0.308 e. The first-order valence-electron chi connectivity index (χ1n) is 7.03. The summed E-state index contributed by atoms with van der Waals surface area (Å²) in [6.45, 7) is 12.9. The van der Waals surface area contributed by atoms with Crippen LogP contribution in [0.2, 0.25) is 0 Å². The highest BCUT2D eigenvalue weighted by Gasteiger charge is 2.12. The highest BCUT2D eigenvalue weighted by atomic mass is 15.4. The maximum Gasteiger partial charge on any atom is 0.148 e. The van der Waals surface area contributed by atoms with E-state index in [1.165, 1.54) is 5.56 Å². The van der Waals surface area contributed by atoms with E-state index in [2.05, 4.69) is 54.4 Å². The number of nitrogens with one attached hydrogen (secondary N) is 1. The standard InChI is InChI=1S/C14H24N6/c1-6-20-13(15-10-17-20)9-19-8-12(11(2)18-19)7-16-14(3,4)5/h8,10,16H,6-7,9H2,1-5H3. The van der Waals surface area contributed by atoms with Gasteiger partial charge in [0.15, 0.2) is 0 Å². The Balaban J connectivity index is 2.07. The zero-order chi connectivity index (χ0) is 14.8. The molecule has 0 aliphatic carbocycles. The minimum absolute atomic E-state index is 0.108. The lowest BCUT2D eigenvalue weighted by molar-refractivity contribution is 0.423. The number of aromatic nitrogens is 5. The van der Waals surface area contributed by atoms with Crippen molar-refractivity contribution in [2.75, 3.05) is 0 Å². The van der Waals surface area contributed by atoms with Crippen LogP contribution in [0.25, 0.3) is 0 Å². The maximum atomic E-state index is 4.56. The molecular weight excluding hydrogens is 252 g/mol. The first-order chi connectivity index (χ1) is 9.39. The third kappa shape index (κ3) is 3.66. The van der Waals surface area contributed by atoms with Gasteiger partial charge in [-0.25, -0.2) is 9.67 Å². The smallest absolute Gasteiger partial charge is 0.148 e. The molecule has 6 nitrogen and oxygen atoms in total. The predicted octanol–water partition coefficient (Wildman–Crippen LogP) is 1.74. The Bertz CT molecular complexity index is 560. The van der Waals surface area contributed by atoms with Crippen molar-refractivity contribution < 1.29 is 0 Å². The molecule has 0 saturated heterocycles. The molecule has 110 valence electrons. The van der Waals surface area contributed by atoms with Gasteiger partial charge in [0.25, 0.3) is 0 Å². The predicted molar refractivity (Wildman–Crippen MR) is 78.4 cm³/mol. The van der Waals surface area contributed by atoms with Crippen LogP contribution in [0.15, 0.2) is 12.5 Å². The van der Waals surface area contributed by atoms with E-state index < -0.39 is 0 Å². The van der Waals surface area contributed by atoms with Crippen LogP contribution in [0.4, 0.5) is 0 Å². The Kier molecular flexibility index (Phi) is 4.23. The molecule has 2 aromatic heterocycles. The van der Waals surface area contributed by atoms with Crippen molar-refractivity contribution in [2.45, 2.75) is 59.8 Å². The fraction of sp³-hybridized carbons (Fsp3) is 0.643. The van der Waals surface area contributed by atoms with E-state index >= 15 is 0 Å². The highest BCUT2D eigenvalue weighted by molar-refractivity contribution is 5.15. The molecule has 2 rings (SSSR count). The Labute approximate surface area is 120 Å². The second-order valence-electron chi connectivity index (χ2n) is 6.03. The van der Waals surface area contributed by atoms with Gasteiger partial charge in [0.05, 0.1) is 5.69 Å². The third-order valence-electron chi connectivity index (χ3n) is 3.16. The molecule has 2 heterocycles. The van der Waals surface area contributed by atoms with Crippen molar-refractivity contribution >= 4 is 0 Å². The normalized spacial score (nSPS) is 12.1. The van der Waals surface area contributed by atoms with E-state index in [0.29, 0.717) is 6.54 Å². The number of hydrogen-bond acceptors (Lipinski definition) is 4. The van der Waals surface area contributed by atoms with Gasteiger partial charge in [0.2, 0.25) is 0 Å². The SMILES string of the molecule is CCn1ncnc1Cn1cc(CNC(C)(C)C)c(C)n1. The summed E-state index contributed by atoms with van der Waals surface area (Å²) >= 11 is 0. The second kappa shape index (κ2) is 5.75. The summed E-state index contributed by atoms with van der Waals surface area (Å²) < 4.78 is 3.83. The minimum Gasteiger partial charge on any atom is -0.308 e. The van der Waals surface area contributed by atoms with Crippen LogP contribution < -0.4 is 5.32 Å². The van der Waals surface area contributed by atoms with Gasteiger partial charge in [-0.1, -0.05) is 0 Å². The van der Waals surface area contributed by atoms with Crippen molar-refractivity contribution in [2.24, 2.45) is 0 Å². The topological polar surface area (TPSA) is 60.6 Å². The van der Waals surface area contributed by atoms with Crippen LogP contribution >= 0.6 is 0 Å². The Morgan fingerprint density at radius 1 is 1.30 bits per heavy atom. The molecule has 0 aliphatic heterocycles. The summed E-state index contributed by atoms with van der Waals surface area (Å²) in [6, 6.07) is 0. The maximum absolute atomic E-state index is 4.56. The lowest BCUT2D eigenvalue weighted by Gasteiger charge is -2.20. The number of rotatable bonds is 5. The van der Waals surface area contributed by atoms with E-state index in [4.69, 9.17) is 0 Å². The number of hydrogen-bond donors (Lipinski definition) is 1. The van der Waals surface area contributed by atoms with Crippen molar-refractivity contribution in [1.82, 2.24) is 29.9 Å². The van der Waals surface area contributed by atoms with E-state index in [0.717, 1.165) is 24.6 Å². The molecule has 0 bridgehead atoms. The quantitative estimate of drug-likeness (QED) is 0.903. The molecule has 0 atom stereocenters. The zero-order valence-electron chi connectivity index (χ0n) is 13.0.